The molecular weight excluding hydrogens is 187 g/mol. The van der Waals surface area contributed by atoms with Gasteiger partial charge in [-0.05, 0) is 6.92 Å². The molecule has 0 unspecified atom stereocenters. The van der Waals surface area contributed by atoms with Gasteiger partial charge in [-0.15, -0.1) is 23.2 Å². The van der Waals surface area contributed by atoms with E-state index in [2.05, 4.69) is 0 Å². The third kappa shape index (κ3) is 8.41. The van der Waals surface area contributed by atoms with Gasteiger partial charge >= 0.3 is 0 Å². The van der Waals surface area contributed by atoms with Crippen LogP contribution in [0.25, 0.3) is 0 Å². The Morgan fingerprint density at radius 2 is 1.91 bits per heavy atom. The minimum Gasteiger partial charge on any atom is -0.378 e. The van der Waals surface area contributed by atoms with Crippen LogP contribution in [0.1, 0.15) is 6.92 Å². The van der Waals surface area contributed by atoms with E-state index < -0.39 is 0 Å². The molecule has 0 amide bonds. The molecule has 0 aliphatic rings. The maximum Gasteiger partial charge on any atom is 0.0704 e. The average molecular weight is 201 g/mol. The molecule has 11 heavy (non-hydrogen) atoms. The van der Waals surface area contributed by atoms with Gasteiger partial charge in [-0.25, -0.2) is 0 Å². The molecule has 0 radical (unpaired) electrons. The number of rotatable bonds is 7. The van der Waals surface area contributed by atoms with Crippen molar-refractivity contribution in [3.05, 3.63) is 0 Å². The van der Waals surface area contributed by atoms with Crippen LogP contribution in [0.3, 0.4) is 0 Å². The second-order valence-corrected chi connectivity index (χ2v) is 2.82. The highest BCUT2D eigenvalue weighted by atomic mass is 35.5. The van der Waals surface area contributed by atoms with E-state index in [1.165, 1.54) is 0 Å². The molecule has 0 bridgehead atoms. The second kappa shape index (κ2) is 8.60. The molecule has 4 heteroatoms. The molecule has 0 aromatic carbocycles. The van der Waals surface area contributed by atoms with Gasteiger partial charge in [0.2, 0.25) is 0 Å². The van der Waals surface area contributed by atoms with Crippen molar-refractivity contribution in [2.24, 2.45) is 0 Å². The molecule has 0 aliphatic heterocycles. The summed E-state index contributed by atoms with van der Waals surface area (Å²) >= 11 is 10.9. The largest absolute Gasteiger partial charge is 0.378 e. The van der Waals surface area contributed by atoms with Gasteiger partial charge in [0, 0.05) is 11.8 Å². The number of hydrogen-bond donors (Lipinski definition) is 0. The Bertz CT molecular complexity index is 80.8. The average Bonchev–Trinajstić information content (AvgIpc) is 2.04. The third-order valence-corrected chi connectivity index (χ3v) is 1.66. The summed E-state index contributed by atoms with van der Waals surface area (Å²) in [6.45, 7) is 3.69. The first-order valence-corrected chi connectivity index (χ1v) is 4.69. The molecule has 68 valence electrons. The quantitative estimate of drug-likeness (QED) is 0.462. The molecule has 0 aliphatic carbocycles. The van der Waals surface area contributed by atoms with Crippen molar-refractivity contribution in [1.29, 1.82) is 0 Å². The maximum atomic E-state index is 5.51. The van der Waals surface area contributed by atoms with Gasteiger partial charge in [0.1, 0.15) is 0 Å². The van der Waals surface area contributed by atoms with Crippen LogP contribution in [-0.2, 0) is 9.47 Å². The predicted molar refractivity (Wildman–Crippen MR) is 47.7 cm³/mol. The van der Waals surface area contributed by atoms with E-state index in [-0.39, 0.29) is 6.10 Å². The van der Waals surface area contributed by atoms with Crippen molar-refractivity contribution in [1.82, 2.24) is 0 Å². The van der Waals surface area contributed by atoms with Gasteiger partial charge in [0.05, 0.1) is 25.9 Å². The van der Waals surface area contributed by atoms with Crippen LogP contribution in [0.15, 0.2) is 0 Å². The highest BCUT2D eigenvalue weighted by Crippen LogP contribution is 1.92. The lowest BCUT2D eigenvalue weighted by atomic mass is 10.5. The first kappa shape index (κ1) is 11.5. The molecule has 0 rings (SSSR count). The second-order valence-electron chi connectivity index (χ2n) is 2.14. The highest BCUT2D eigenvalue weighted by Gasteiger charge is 1.97. The van der Waals surface area contributed by atoms with Gasteiger partial charge in [-0.2, -0.15) is 0 Å². The van der Waals surface area contributed by atoms with E-state index in [4.69, 9.17) is 32.7 Å². The Morgan fingerprint density at radius 3 is 2.45 bits per heavy atom. The van der Waals surface area contributed by atoms with Crippen LogP contribution < -0.4 is 0 Å². The molecule has 0 spiro atoms. The minimum absolute atomic E-state index is 0.108. The summed E-state index contributed by atoms with van der Waals surface area (Å²) < 4.78 is 10.3. The standard InChI is InChI=1S/C7H14Cl2O2/c1-7(6-9)11-5-4-10-3-2-8/h7H,2-6H2,1H3/t7-/m0/s1. The minimum atomic E-state index is 0.108. The zero-order valence-electron chi connectivity index (χ0n) is 6.69. The summed E-state index contributed by atoms with van der Waals surface area (Å²) in [5.41, 5.74) is 0. The van der Waals surface area contributed by atoms with Crippen LogP contribution in [0, 0.1) is 0 Å². The van der Waals surface area contributed by atoms with Crippen molar-refractivity contribution >= 4 is 23.2 Å². The van der Waals surface area contributed by atoms with Crippen LogP contribution >= 0.6 is 23.2 Å². The van der Waals surface area contributed by atoms with E-state index in [1.54, 1.807) is 0 Å². The molecule has 0 saturated carbocycles. The van der Waals surface area contributed by atoms with Crippen LogP contribution in [0.4, 0.5) is 0 Å². The Kier molecular flexibility index (Phi) is 8.99. The summed E-state index contributed by atoms with van der Waals surface area (Å²) in [6, 6.07) is 0. The van der Waals surface area contributed by atoms with Gasteiger partial charge in [-0.1, -0.05) is 0 Å². The lowest BCUT2D eigenvalue weighted by molar-refractivity contribution is 0.0249. The summed E-state index contributed by atoms with van der Waals surface area (Å²) in [6.07, 6.45) is 0.108. The summed E-state index contributed by atoms with van der Waals surface area (Å²) in [4.78, 5) is 0. The van der Waals surface area contributed by atoms with Crippen LogP contribution in [0.2, 0.25) is 0 Å². The smallest absolute Gasteiger partial charge is 0.0704 e. The number of halogens is 2. The molecule has 0 heterocycles. The van der Waals surface area contributed by atoms with Crippen molar-refractivity contribution in [2.45, 2.75) is 13.0 Å². The lowest BCUT2D eigenvalue weighted by Crippen LogP contribution is -2.14. The lowest BCUT2D eigenvalue weighted by Gasteiger charge is -2.08. The third-order valence-electron chi connectivity index (χ3n) is 1.07. The Balaban J connectivity index is 2.89. The topological polar surface area (TPSA) is 18.5 Å². The first-order chi connectivity index (χ1) is 5.31. The van der Waals surface area contributed by atoms with E-state index in [1.807, 2.05) is 6.92 Å². The number of ether oxygens (including phenoxy) is 2. The molecule has 1 atom stereocenters. The normalized spacial score (nSPS) is 13.4. The molecule has 0 aromatic rings. The first-order valence-electron chi connectivity index (χ1n) is 3.62. The predicted octanol–water partition coefficient (Wildman–Crippen LogP) is 1.89. The number of alkyl halides is 2. The highest BCUT2D eigenvalue weighted by molar-refractivity contribution is 6.18. The van der Waals surface area contributed by atoms with Crippen LogP contribution in [-0.4, -0.2) is 37.7 Å². The van der Waals surface area contributed by atoms with Crippen LogP contribution in [0.5, 0.6) is 0 Å². The van der Waals surface area contributed by atoms with Gasteiger partial charge < -0.3 is 9.47 Å². The molecule has 2 nitrogen and oxygen atoms in total. The maximum absolute atomic E-state index is 5.51. The fraction of sp³-hybridized carbons (Fsp3) is 1.00. The zero-order valence-corrected chi connectivity index (χ0v) is 8.20. The Hall–Kier alpha value is 0.500. The SMILES string of the molecule is C[C@@H](CCl)OCCOCCCl. The summed E-state index contributed by atoms with van der Waals surface area (Å²) in [5, 5.41) is 0. The molecule has 0 fully saturated rings. The van der Waals surface area contributed by atoms with E-state index >= 15 is 0 Å². The van der Waals surface area contributed by atoms with Gasteiger partial charge in [0.15, 0.2) is 0 Å². The summed E-state index contributed by atoms with van der Waals surface area (Å²) in [5.74, 6) is 1.06. The molecular formula is C7H14Cl2O2. The molecule has 0 aromatic heterocycles. The number of hydrogen-bond acceptors (Lipinski definition) is 2. The Morgan fingerprint density at radius 1 is 1.18 bits per heavy atom. The zero-order chi connectivity index (χ0) is 8.53. The molecule has 0 saturated heterocycles. The van der Waals surface area contributed by atoms with E-state index in [0.717, 1.165) is 0 Å². The van der Waals surface area contributed by atoms with Crippen molar-refractivity contribution < 1.29 is 9.47 Å². The van der Waals surface area contributed by atoms with Crippen molar-refractivity contribution in [2.75, 3.05) is 31.6 Å². The van der Waals surface area contributed by atoms with Crippen molar-refractivity contribution in [3.63, 3.8) is 0 Å². The van der Waals surface area contributed by atoms with Crippen molar-refractivity contribution in [3.8, 4) is 0 Å². The Labute approximate surface area is 77.8 Å². The molecule has 0 N–H and O–H groups in total. The van der Waals surface area contributed by atoms with E-state index in [0.29, 0.717) is 31.6 Å². The summed E-state index contributed by atoms with van der Waals surface area (Å²) in [7, 11) is 0. The monoisotopic (exact) mass is 200 g/mol. The van der Waals surface area contributed by atoms with Gasteiger partial charge in [0.25, 0.3) is 0 Å². The fourth-order valence-corrected chi connectivity index (χ4v) is 0.708. The fourth-order valence-electron chi connectivity index (χ4n) is 0.509. The van der Waals surface area contributed by atoms with E-state index in [9.17, 15) is 0 Å². The van der Waals surface area contributed by atoms with Gasteiger partial charge in [-0.3, -0.25) is 0 Å².